The number of ketones is 1. The SMILES string of the molecule is CCC(C)(O)C(=O)c1ccc(C(F)(F)F)cc1. The van der Waals surface area contributed by atoms with Gasteiger partial charge in [0, 0.05) is 5.56 Å². The molecule has 0 bridgehead atoms. The number of rotatable bonds is 3. The summed E-state index contributed by atoms with van der Waals surface area (Å²) in [6, 6.07) is 3.82. The van der Waals surface area contributed by atoms with Gasteiger partial charge in [0.15, 0.2) is 5.78 Å². The minimum Gasteiger partial charge on any atom is -0.382 e. The van der Waals surface area contributed by atoms with Gasteiger partial charge in [0.1, 0.15) is 5.60 Å². The maximum atomic E-state index is 12.3. The molecule has 0 aromatic heterocycles. The van der Waals surface area contributed by atoms with E-state index < -0.39 is 23.1 Å². The van der Waals surface area contributed by atoms with Crippen molar-refractivity contribution in [3.63, 3.8) is 0 Å². The highest BCUT2D eigenvalue weighted by molar-refractivity contribution is 6.01. The quantitative estimate of drug-likeness (QED) is 0.832. The molecule has 1 aromatic carbocycles. The molecule has 1 N–H and O–H groups in total. The second-order valence-corrected chi connectivity index (χ2v) is 4.03. The van der Waals surface area contributed by atoms with E-state index in [1.165, 1.54) is 6.92 Å². The van der Waals surface area contributed by atoms with Crippen LogP contribution in [-0.4, -0.2) is 16.5 Å². The van der Waals surface area contributed by atoms with Crippen molar-refractivity contribution < 1.29 is 23.1 Å². The molecule has 0 aliphatic carbocycles. The van der Waals surface area contributed by atoms with Crippen LogP contribution >= 0.6 is 0 Å². The average molecular weight is 246 g/mol. The van der Waals surface area contributed by atoms with Gasteiger partial charge in [-0.25, -0.2) is 0 Å². The Morgan fingerprint density at radius 2 is 1.71 bits per heavy atom. The smallest absolute Gasteiger partial charge is 0.382 e. The fourth-order valence-corrected chi connectivity index (χ4v) is 1.28. The predicted molar refractivity (Wildman–Crippen MR) is 56.7 cm³/mol. The lowest BCUT2D eigenvalue weighted by Gasteiger charge is -2.19. The molecule has 0 aliphatic heterocycles. The van der Waals surface area contributed by atoms with Gasteiger partial charge in [-0.3, -0.25) is 4.79 Å². The molecule has 0 fully saturated rings. The van der Waals surface area contributed by atoms with Crippen molar-refractivity contribution in [3.8, 4) is 0 Å². The van der Waals surface area contributed by atoms with Crippen molar-refractivity contribution in [1.82, 2.24) is 0 Å². The summed E-state index contributed by atoms with van der Waals surface area (Å²) >= 11 is 0. The summed E-state index contributed by atoms with van der Waals surface area (Å²) in [5.41, 5.74) is -2.28. The molecule has 94 valence electrons. The minimum atomic E-state index is -4.42. The number of halogens is 3. The lowest BCUT2D eigenvalue weighted by atomic mass is 9.92. The lowest BCUT2D eigenvalue weighted by Crippen LogP contribution is -2.34. The summed E-state index contributed by atoms with van der Waals surface area (Å²) in [5, 5.41) is 9.70. The van der Waals surface area contributed by atoms with Crippen LogP contribution in [0.4, 0.5) is 13.2 Å². The summed E-state index contributed by atoms with van der Waals surface area (Å²) in [6.45, 7) is 2.97. The predicted octanol–water partition coefficient (Wildman–Crippen LogP) is 3.05. The van der Waals surface area contributed by atoms with Crippen LogP contribution in [0.25, 0.3) is 0 Å². The Kier molecular flexibility index (Phi) is 3.62. The van der Waals surface area contributed by atoms with Crippen LogP contribution < -0.4 is 0 Å². The Morgan fingerprint density at radius 3 is 2.06 bits per heavy atom. The number of carbonyl (C=O) groups is 1. The van der Waals surface area contributed by atoms with Crippen molar-refractivity contribution in [2.45, 2.75) is 32.0 Å². The molecule has 0 saturated carbocycles. The standard InChI is InChI=1S/C12H13F3O2/c1-3-11(2,17)10(16)8-4-6-9(7-5-8)12(13,14)15/h4-7,17H,3H2,1-2H3. The number of aliphatic hydroxyl groups is 1. The van der Waals surface area contributed by atoms with Gasteiger partial charge in [-0.1, -0.05) is 19.1 Å². The van der Waals surface area contributed by atoms with Gasteiger partial charge in [-0.15, -0.1) is 0 Å². The van der Waals surface area contributed by atoms with E-state index in [0.717, 1.165) is 24.3 Å². The van der Waals surface area contributed by atoms with Crippen LogP contribution in [0.3, 0.4) is 0 Å². The summed E-state index contributed by atoms with van der Waals surface area (Å²) in [4.78, 5) is 11.7. The highest BCUT2D eigenvalue weighted by atomic mass is 19.4. The first-order valence-electron chi connectivity index (χ1n) is 5.13. The van der Waals surface area contributed by atoms with E-state index in [4.69, 9.17) is 0 Å². The van der Waals surface area contributed by atoms with E-state index >= 15 is 0 Å². The van der Waals surface area contributed by atoms with E-state index in [1.54, 1.807) is 6.92 Å². The third-order valence-corrected chi connectivity index (χ3v) is 2.65. The van der Waals surface area contributed by atoms with Crippen molar-refractivity contribution in [1.29, 1.82) is 0 Å². The first kappa shape index (κ1) is 13.7. The molecule has 0 spiro atoms. The first-order chi connectivity index (χ1) is 7.68. The van der Waals surface area contributed by atoms with Gasteiger partial charge in [-0.05, 0) is 25.5 Å². The van der Waals surface area contributed by atoms with Gasteiger partial charge >= 0.3 is 6.18 Å². The van der Waals surface area contributed by atoms with Crippen LogP contribution in [0, 0.1) is 0 Å². The highest BCUT2D eigenvalue weighted by Gasteiger charge is 2.32. The molecular formula is C12H13F3O2. The summed E-state index contributed by atoms with van der Waals surface area (Å²) < 4.78 is 36.9. The number of alkyl halides is 3. The molecule has 0 aliphatic rings. The fourth-order valence-electron chi connectivity index (χ4n) is 1.28. The van der Waals surface area contributed by atoms with E-state index in [1.807, 2.05) is 0 Å². The topological polar surface area (TPSA) is 37.3 Å². The summed E-state index contributed by atoms with van der Waals surface area (Å²) in [6.07, 6.45) is -4.22. The zero-order valence-electron chi connectivity index (χ0n) is 9.51. The second-order valence-electron chi connectivity index (χ2n) is 4.03. The largest absolute Gasteiger partial charge is 0.416 e. The lowest BCUT2D eigenvalue weighted by molar-refractivity contribution is -0.137. The van der Waals surface area contributed by atoms with Crippen LogP contribution in [-0.2, 0) is 6.18 Å². The Bertz CT molecular complexity index is 405. The van der Waals surface area contributed by atoms with Crippen molar-refractivity contribution in [2.24, 2.45) is 0 Å². The molecule has 17 heavy (non-hydrogen) atoms. The van der Waals surface area contributed by atoms with Crippen molar-refractivity contribution >= 4 is 5.78 Å². The molecule has 1 atom stereocenters. The molecule has 2 nitrogen and oxygen atoms in total. The van der Waals surface area contributed by atoms with Gasteiger partial charge in [0.05, 0.1) is 5.56 Å². The highest BCUT2D eigenvalue weighted by Crippen LogP contribution is 2.29. The molecule has 1 aromatic rings. The van der Waals surface area contributed by atoms with Gasteiger partial charge in [0.25, 0.3) is 0 Å². The Morgan fingerprint density at radius 1 is 1.24 bits per heavy atom. The summed E-state index contributed by atoms with van der Waals surface area (Å²) in [5.74, 6) is -0.575. The molecule has 0 radical (unpaired) electrons. The third kappa shape index (κ3) is 3.06. The third-order valence-electron chi connectivity index (χ3n) is 2.65. The van der Waals surface area contributed by atoms with E-state index in [0.29, 0.717) is 0 Å². The average Bonchev–Trinajstić information content (AvgIpc) is 2.27. The van der Waals surface area contributed by atoms with E-state index in [2.05, 4.69) is 0 Å². The Labute approximate surface area is 97.1 Å². The normalized spacial score (nSPS) is 15.4. The second kappa shape index (κ2) is 4.49. The number of hydrogen-bond donors (Lipinski definition) is 1. The number of benzene rings is 1. The molecule has 0 saturated heterocycles. The first-order valence-corrected chi connectivity index (χ1v) is 5.13. The van der Waals surface area contributed by atoms with Crippen molar-refractivity contribution in [3.05, 3.63) is 35.4 Å². The molecule has 5 heteroatoms. The van der Waals surface area contributed by atoms with Crippen LogP contribution in [0.5, 0.6) is 0 Å². The van der Waals surface area contributed by atoms with Crippen LogP contribution in [0.2, 0.25) is 0 Å². The van der Waals surface area contributed by atoms with Crippen molar-refractivity contribution in [2.75, 3.05) is 0 Å². The van der Waals surface area contributed by atoms with E-state index in [-0.39, 0.29) is 12.0 Å². The molecular weight excluding hydrogens is 233 g/mol. The molecule has 0 amide bonds. The number of carbonyl (C=O) groups excluding carboxylic acids is 1. The molecule has 0 heterocycles. The van der Waals surface area contributed by atoms with Gasteiger partial charge < -0.3 is 5.11 Å². The monoisotopic (exact) mass is 246 g/mol. The number of hydrogen-bond acceptors (Lipinski definition) is 2. The summed E-state index contributed by atoms with van der Waals surface area (Å²) in [7, 11) is 0. The molecule has 1 unspecified atom stereocenters. The Balaban J connectivity index is 3.00. The zero-order valence-corrected chi connectivity index (χ0v) is 9.51. The number of Topliss-reactive ketones (excluding diaryl/α,β-unsaturated/α-hetero) is 1. The van der Waals surface area contributed by atoms with Gasteiger partial charge in [-0.2, -0.15) is 13.2 Å². The minimum absolute atomic E-state index is 0.0739. The maximum Gasteiger partial charge on any atom is 0.416 e. The van der Waals surface area contributed by atoms with E-state index in [9.17, 15) is 23.1 Å². The zero-order chi connectivity index (χ0) is 13.3. The molecule has 1 rings (SSSR count). The van der Waals surface area contributed by atoms with Crippen LogP contribution in [0.1, 0.15) is 36.2 Å². The Hall–Kier alpha value is -1.36. The van der Waals surface area contributed by atoms with Gasteiger partial charge in [0.2, 0.25) is 0 Å². The van der Waals surface area contributed by atoms with Crippen LogP contribution in [0.15, 0.2) is 24.3 Å². The fraction of sp³-hybridized carbons (Fsp3) is 0.417. The maximum absolute atomic E-state index is 12.3.